The number of halogens is 4. The first kappa shape index (κ1) is 12.0. The SMILES string of the molecule is O=Cc1nc(I)c(CBr)cc1C(F)F. The second kappa shape index (κ2) is 5.11. The van der Waals surface area contributed by atoms with Crippen molar-refractivity contribution < 1.29 is 13.6 Å². The van der Waals surface area contributed by atoms with Crippen LogP contribution in [0, 0.1) is 3.70 Å². The molecule has 0 spiro atoms. The maximum absolute atomic E-state index is 12.4. The molecular weight excluding hydrogens is 371 g/mol. The van der Waals surface area contributed by atoms with Crippen LogP contribution in [-0.4, -0.2) is 11.3 Å². The Labute approximate surface area is 101 Å². The van der Waals surface area contributed by atoms with Gasteiger partial charge in [0.25, 0.3) is 6.43 Å². The molecule has 0 saturated carbocycles. The molecule has 0 atom stereocenters. The van der Waals surface area contributed by atoms with Gasteiger partial charge in [-0.05, 0) is 34.2 Å². The van der Waals surface area contributed by atoms with Crippen molar-refractivity contribution in [2.75, 3.05) is 0 Å². The average Bonchev–Trinajstić information content (AvgIpc) is 2.16. The van der Waals surface area contributed by atoms with E-state index in [0.717, 1.165) is 0 Å². The Bertz CT molecular complexity index is 359. The van der Waals surface area contributed by atoms with Crippen LogP contribution in [0.3, 0.4) is 0 Å². The molecule has 0 N–H and O–H groups in total. The molecule has 6 heteroatoms. The second-order valence-corrected chi connectivity index (χ2v) is 4.05. The number of carbonyl (C=O) groups excluding carboxylic acids is 1. The van der Waals surface area contributed by atoms with Gasteiger partial charge in [0.05, 0.1) is 0 Å². The zero-order valence-electron chi connectivity index (χ0n) is 6.81. The molecule has 14 heavy (non-hydrogen) atoms. The predicted molar refractivity (Wildman–Crippen MR) is 59.9 cm³/mol. The minimum absolute atomic E-state index is 0.186. The molecule has 76 valence electrons. The number of carbonyl (C=O) groups is 1. The average molecular weight is 376 g/mol. The van der Waals surface area contributed by atoms with Gasteiger partial charge in [0.1, 0.15) is 9.39 Å². The van der Waals surface area contributed by atoms with E-state index in [0.29, 0.717) is 20.9 Å². The third-order valence-electron chi connectivity index (χ3n) is 1.60. The molecule has 0 aromatic carbocycles. The quantitative estimate of drug-likeness (QED) is 0.351. The summed E-state index contributed by atoms with van der Waals surface area (Å²) in [6, 6.07) is 1.30. The maximum atomic E-state index is 12.4. The topological polar surface area (TPSA) is 30.0 Å². The van der Waals surface area contributed by atoms with Crippen LogP contribution >= 0.6 is 38.5 Å². The third-order valence-corrected chi connectivity index (χ3v) is 3.14. The van der Waals surface area contributed by atoms with Gasteiger partial charge in [0.2, 0.25) is 0 Å². The molecule has 1 heterocycles. The Morgan fingerprint density at radius 3 is 2.71 bits per heavy atom. The molecule has 0 bridgehead atoms. The number of hydrogen-bond acceptors (Lipinski definition) is 2. The Kier molecular flexibility index (Phi) is 4.36. The first-order chi connectivity index (χ1) is 6.60. The van der Waals surface area contributed by atoms with Crippen LogP contribution in [0.5, 0.6) is 0 Å². The molecule has 1 aromatic heterocycles. The van der Waals surface area contributed by atoms with Gasteiger partial charge in [0, 0.05) is 10.9 Å². The second-order valence-electron chi connectivity index (χ2n) is 2.46. The van der Waals surface area contributed by atoms with Crippen molar-refractivity contribution in [1.82, 2.24) is 4.98 Å². The Morgan fingerprint density at radius 2 is 2.29 bits per heavy atom. The molecule has 0 unspecified atom stereocenters. The van der Waals surface area contributed by atoms with Gasteiger partial charge in [-0.15, -0.1) is 0 Å². The van der Waals surface area contributed by atoms with Crippen molar-refractivity contribution in [2.24, 2.45) is 0 Å². The van der Waals surface area contributed by atoms with Gasteiger partial charge < -0.3 is 0 Å². The highest BCUT2D eigenvalue weighted by Gasteiger charge is 2.16. The van der Waals surface area contributed by atoms with Crippen LogP contribution in [-0.2, 0) is 5.33 Å². The molecule has 0 amide bonds. The fraction of sp³-hybridized carbons (Fsp3) is 0.250. The maximum Gasteiger partial charge on any atom is 0.266 e. The lowest BCUT2D eigenvalue weighted by atomic mass is 10.1. The summed E-state index contributed by atoms with van der Waals surface area (Å²) in [6.07, 6.45) is -2.32. The van der Waals surface area contributed by atoms with E-state index in [2.05, 4.69) is 20.9 Å². The van der Waals surface area contributed by atoms with Gasteiger partial charge in [-0.3, -0.25) is 4.79 Å². The van der Waals surface area contributed by atoms with E-state index in [4.69, 9.17) is 0 Å². The van der Waals surface area contributed by atoms with E-state index in [1.807, 2.05) is 22.6 Å². The number of alkyl halides is 3. The van der Waals surface area contributed by atoms with Crippen molar-refractivity contribution in [3.8, 4) is 0 Å². The number of pyridine rings is 1. The van der Waals surface area contributed by atoms with Crippen LogP contribution in [0.2, 0.25) is 0 Å². The standard InChI is InChI=1S/C8H5BrF2INO/c9-2-4-1-5(7(10)11)6(3-14)13-8(4)12/h1,3,7H,2H2. The number of nitrogens with zero attached hydrogens (tertiary/aromatic N) is 1. The van der Waals surface area contributed by atoms with Crippen molar-refractivity contribution in [1.29, 1.82) is 0 Å². The Hall–Kier alpha value is -0.110. The molecule has 0 fully saturated rings. The molecular formula is C8H5BrF2INO. The van der Waals surface area contributed by atoms with Crippen molar-refractivity contribution >= 4 is 44.8 Å². The van der Waals surface area contributed by atoms with Crippen LogP contribution in [0.1, 0.15) is 28.0 Å². The summed E-state index contributed by atoms with van der Waals surface area (Å²) in [5.74, 6) is 0. The normalized spacial score (nSPS) is 10.6. The zero-order chi connectivity index (χ0) is 10.7. The van der Waals surface area contributed by atoms with Crippen LogP contribution in [0.4, 0.5) is 8.78 Å². The number of hydrogen-bond donors (Lipinski definition) is 0. The van der Waals surface area contributed by atoms with Gasteiger partial charge in [-0.25, -0.2) is 13.8 Å². The van der Waals surface area contributed by atoms with E-state index in [-0.39, 0.29) is 11.3 Å². The predicted octanol–water partition coefficient (Wildman–Crippen LogP) is 3.33. The molecule has 0 aliphatic carbocycles. The first-order valence-electron chi connectivity index (χ1n) is 3.58. The summed E-state index contributed by atoms with van der Waals surface area (Å²) in [4.78, 5) is 14.3. The lowest BCUT2D eigenvalue weighted by Gasteiger charge is -2.06. The molecule has 2 nitrogen and oxygen atoms in total. The molecule has 1 aromatic rings. The van der Waals surface area contributed by atoms with Crippen LogP contribution in [0.25, 0.3) is 0 Å². The minimum Gasteiger partial charge on any atom is -0.296 e. The van der Waals surface area contributed by atoms with E-state index in [9.17, 15) is 13.6 Å². The Morgan fingerprint density at radius 1 is 1.64 bits per heavy atom. The van der Waals surface area contributed by atoms with E-state index < -0.39 is 6.43 Å². The minimum atomic E-state index is -2.67. The summed E-state index contributed by atoms with van der Waals surface area (Å²) in [5.41, 5.74) is 0.162. The fourth-order valence-electron chi connectivity index (χ4n) is 0.926. The monoisotopic (exact) mass is 375 g/mol. The van der Waals surface area contributed by atoms with Crippen molar-refractivity contribution in [2.45, 2.75) is 11.8 Å². The lowest BCUT2D eigenvalue weighted by molar-refractivity contribution is 0.110. The summed E-state index contributed by atoms with van der Waals surface area (Å²) >= 11 is 5.06. The van der Waals surface area contributed by atoms with Crippen molar-refractivity contribution in [3.05, 3.63) is 26.6 Å². The van der Waals surface area contributed by atoms with Crippen LogP contribution < -0.4 is 0 Å². The number of rotatable bonds is 3. The summed E-state index contributed by atoms with van der Waals surface area (Å²) in [7, 11) is 0. The van der Waals surface area contributed by atoms with Gasteiger partial charge in [-0.1, -0.05) is 15.9 Å². The molecule has 0 saturated heterocycles. The Balaban J connectivity index is 3.32. The summed E-state index contributed by atoms with van der Waals surface area (Å²) < 4.78 is 25.5. The summed E-state index contributed by atoms with van der Waals surface area (Å²) in [5, 5.41) is 0.442. The first-order valence-corrected chi connectivity index (χ1v) is 5.78. The van der Waals surface area contributed by atoms with E-state index in [1.165, 1.54) is 6.07 Å². The van der Waals surface area contributed by atoms with E-state index in [1.54, 1.807) is 0 Å². The molecule has 0 radical (unpaired) electrons. The zero-order valence-corrected chi connectivity index (χ0v) is 10.5. The van der Waals surface area contributed by atoms with Gasteiger partial charge in [-0.2, -0.15) is 0 Å². The van der Waals surface area contributed by atoms with Crippen molar-refractivity contribution in [3.63, 3.8) is 0 Å². The number of aromatic nitrogens is 1. The molecule has 0 aliphatic rings. The smallest absolute Gasteiger partial charge is 0.266 e. The van der Waals surface area contributed by atoms with Gasteiger partial charge >= 0.3 is 0 Å². The highest BCUT2D eigenvalue weighted by Crippen LogP contribution is 2.25. The fourth-order valence-corrected chi connectivity index (χ4v) is 2.48. The highest BCUT2D eigenvalue weighted by molar-refractivity contribution is 14.1. The van der Waals surface area contributed by atoms with E-state index >= 15 is 0 Å². The largest absolute Gasteiger partial charge is 0.296 e. The third kappa shape index (κ3) is 2.47. The highest BCUT2D eigenvalue weighted by atomic mass is 127. The number of aldehydes is 1. The van der Waals surface area contributed by atoms with Gasteiger partial charge in [0.15, 0.2) is 6.29 Å². The lowest BCUT2D eigenvalue weighted by Crippen LogP contribution is -2.02. The summed E-state index contributed by atoms with van der Waals surface area (Å²) in [6.45, 7) is 0. The molecule has 0 aliphatic heterocycles. The molecule has 1 rings (SSSR count). The van der Waals surface area contributed by atoms with Crippen LogP contribution in [0.15, 0.2) is 6.07 Å².